The lowest BCUT2D eigenvalue weighted by atomic mass is 10.0. The van der Waals surface area contributed by atoms with Crippen LogP contribution in [0.5, 0.6) is 0 Å². The van der Waals surface area contributed by atoms with Gasteiger partial charge in [0.25, 0.3) is 0 Å². The van der Waals surface area contributed by atoms with E-state index in [-0.39, 0.29) is 6.42 Å². The maximum atomic E-state index is 12.2. The fourth-order valence-corrected chi connectivity index (χ4v) is 3.66. The van der Waals surface area contributed by atoms with Gasteiger partial charge in [0, 0.05) is 12.3 Å². The molecule has 0 saturated carbocycles. The van der Waals surface area contributed by atoms with Crippen LogP contribution in [0.2, 0.25) is 0 Å². The number of carbonyl (C=O) groups is 2. The van der Waals surface area contributed by atoms with Gasteiger partial charge in [-0.25, -0.2) is 9.36 Å². The molecule has 0 aromatic carbocycles. The van der Waals surface area contributed by atoms with Gasteiger partial charge in [-0.05, 0) is 48.9 Å². The van der Waals surface area contributed by atoms with Crippen LogP contribution in [0.4, 0.5) is 0 Å². The molecule has 8 nitrogen and oxygen atoms in total. The average Bonchev–Trinajstić information content (AvgIpc) is 2.87. The zero-order valence-electron chi connectivity index (χ0n) is 22.7. The predicted octanol–water partition coefficient (Wildman–Crippen LogP) is 5.07. The Labute approximate surface area is 228 Å². The first-order valence-corrected chi connectivity index (χ1v) is 14.8. The van der Waals surface area contributed by atoms with Crippen LogP contribution in [0.25, 0.3) is 0 Å². The molecular formula is C29H41O8P. The topological polar surface area (TPSA) is 119 Å². The molecule has 0 rings (SSSR count). The molecule has 0 fully saturated rings. The van der Waals surface area contributed by atoms with Gasteiger partial charge in [0.2, 0.25) is 0 Å². The molecule has 0 heterocycles. The van der Waals surface area contributed by atoms with E-state index in [1.54, 1.807) is 6.92 Å². The van der Waals surface area contributed by atoms with E-state index in [0.29, 0.717) is 6.42 Å². The minimum Gasteiger partial charge on any atom is -0.456 e. The number of esters is 2. The van der Waals surface area contributed by atoms with Gasteiger partial charge >= 0.3 is 19.8 Å². The Morgan fingerprint density at radius 2 is 1.24 bits per heavy atom. The highest BCUT2D eigenvalue weighted by molar-refractivity contribution is 7.46. The fraction of sp³-hybridized carbons (Fsp3) is 0.655. The third-order valence-electron chi connectivity index (χ3n) is 5.21. The molecule has 0 radical (unpaired) electrons. The van der Waals surface area contributed by atoms with E-state index in [1.807, 2.05) is 0 Å². The first-order valence-electron chi connectivity index (χ1n) is 13.3. The van der Waals surface area contributed by atoms with Crippen molar-refractivity contribution in [1.82, 2.24) is 0 Å². The molecule has 0 unspecified atom stereocenters. The molecule has 38 heavy (non-hydrogen) atoms. The van der Waals surface area contributed by atoms with Gasteiger partial charge in [-0.3, -0.25) is 9.32 Å². The molecule has 0 aliphatic heterocycles. The minimum absolute atomic E-state index is 0.150. The van der Waals surface area contributed by atoms with E-state index in [0.717, 1.165) is 19.3 Å². The summed E-state index contributed by atoms with van der Waals surface area (Å²) in [6.45, 7) is 2.75. The Morgan fingerprint density at radius 3 is 1.76 bits per heavy atom. The normalized spacial score (nSPS) is 10.7. The van der Waals surface area contributed by atoms with Crippen molar-refractivity contribution in [3.8, 4) is 47.4 Å². The van der Waals surface area contributed by atoms with Gasteiger partial charge in [-0.1, -0.05) is 89.9 Å². The first kappa shape index (κ1) is 35.3. The second-order valence-electron chi connectivity index (χ2n) is 8.61. The Balaban J connectivity index is 4.24. The van der Waals surface area contributed by atoms with Crippen molar-refractivity contribution in [2.45, 2.75) is 110 Å². The van der Waals surface area contributed by atoms with E-state index in [2.05, 4.69) is 58.8 Å². The lowest BCUT2D eigenvalue weighted by Crippen LogP contribution is -2.29. The van der Waals surface area contributed by atoms with Gasteiger partial charge in [0.05, 0.1) is 6.61 Å². The molecule has 0 aliphatic rings. The second kappa shape index (κ2) is 24.6. The highest BCUT2D eigenvalue weighted by atomic mass is 31.2. The van der Waals surface area contributed by atoms with Crippen LogP contribution in [0.3, 0.4) is 0 Å². The van der Waals surface area contributed by atoms with Crippen molar-refractivity contribution in [3.05, 3.63) is 0 Å². The van der Waals surface area contributed by atoms with Crippen LogP contribution in [-0.2, 0) is 28.2 Å². The smallest absolute Gasteiger partial charge is 0.456 e. The van der Waals surface area contributed by atoms with Crippen LogP contribution in [0.1, 0.15) is 104 Å². The van der Waals surface area contributed by atoms with Gasteiger partial charge in [-0.2, -0.15) is 0 Å². The summed E-state index contributed by atoms with van der Waals surface area (Å²) in [7, 11) is -4.80. The fourth-order valence-electron chi connectivity index (χ4n) is 3.30. The molecule has 0 saturated heterocycles. The minimum atomic E-state index is -4.80. The first-order chi connectivity index (χ1) is 18.3. The van der Waals surface area contributed by atoms with E-state index in [9.17, 15) is 14.2 Å². The van der Waals surface area contributed by atoms with Crippen molar-refractivity contribution < 1.29 is 37.9 Å². The number of unbranched alkanes of at least 4 members (excludes halogenated alkanes) is 12. The predicted molar refractivity (Wildman–Crippen MR) is 146 cm³/mol. The molecule has 2 N–H and O–H groups in total. The molecular weight excluding hydrogens is 507 g/mol. The summed E-state index contributed by atoms with van der Waals surface area (Å²) in [6.07, 6.45) is 14.3. The van der Waals surface area contributed by atoms with Gasteiger partial charge < -0.3 is 19.3 Å². The van der Waals surface area contributed by atoms with Crippen molar-refractivity contribution in [2.24, 2.45) is 0 Å². The lowest BCUT2D eigenvalue weighted by molar-refractivity contribution is -0.158. The quantitative estimate of drug-likeness (QED) is 0.0712. The second-order valence-corrected chi connectivity index (χ2v) is 9.85. The highest BCUT2D eigenvalue weighted by Gasteiger charge is 2.22. The van der Waals surface area contributed by atoms with E-state index < -0.39 is 39.1 Å². The van der Waals surface area contributed by atoms with Crippen LogP contribution >= 0.6 is 7.82 Å². The van der Waals surface area contributed by atoms with Crippen molar-refractivity contribution >= 4 is 19.8 Å². The number of ether oxygens (including phenoxy) is 2. The Bertz CT molecular complexity index is 969. The SMILES string of the molecule is CC#CC#CC#CC#CC(=O)OC[C@@H](COP(=O)(O)O)OC(=O)CCCCCCCCCCCCCCC. The Morgan fingerprint density at radius 1 is 0.737 bits per heavy atom. The number of hydrogen-bond acceptors (Lipinski definition) is 6. The lowest BCUT2D eigenvalue weighted by Gasteiger charge is -2.17. The van der Waals surface area contributed by atoms with Crippen LogP contribution in [0, 0.1) is 47.4 Å². The molecule has 0 aliphatic carbocycles. The van der Waals surface area contributed by atoms with Gasteiger partial charge in [0.1, 0.15) is 6.61 Å². The standard InChI is InChI=1S/C29H41O8P/c1-3-5-7-9-11-12-13-14-15-16-18-20-22-24-29(31)37-27(26-36-38(32,33)34)25-35-28(30)23-21-19-17-10-8-6-4-2/h27H,3,5,7,9,11-16,18,20,22,24-26H2,1-2H3,(H2,32,33,34)/t27-/m0/s1. The maximum absolute atomic E-state index is 12.2. The average molecular weight is 549 g/mol. The van der Waals surface area contributed by atoms with Crippen LogP contribution < -0.4 is 0 Å². The van der Waals surface area contributed by atoms with Crippen molar-refractivity contribution in [2.75, 3.05) is 13.2 Å². The largest absolute Gasteiger partial charge is 0.469 e. The van der Waals surface area contributed by atoms with Crippen LogP contribution in [0.15, 0.2) is 0 Å². The Hall–Kier alpha value is -2.71. The van der Waals surface area contributed by atoms with Crippen molar-refractivity contribution in [1.29, 1.82) is 0 Å². The zero-order chi connectivity index (χ0) is 28.3. The van der Waals surface area contributed by atoms with Gasteiger partial charge in [0.15, 0.2) is 6.10 Å². The molecule has 210 valence electrons. The van der Waals surface area contributed by atoms with E-state index in [4.69, 9.17) is 19.3 Å². The van der Waals surface area contributed by atoms with Gasteiger partial charge in [-0.15, -0.1) is 0 Å². The summed E-state index contributed by atoms with van der Waals surface area (Å²) in [5, 5.41) is 0. The summed E-state index contributed by atoms with van der Waals surface area (Å²) < 4.78 is 25.5. The number of phosphoric ester groups is 1. The summed E-state index contributed by atoms with van der Waals surface area (Å²) >= 11 is 0. The van der Waals surface area contributed by atoms with E-state index in [1.165, 1.54) is 57.8 Å². The third-order valence-corrected chi connectivity index (χ3v) is 5.70. The van der Waals surface area contributed by atoms with Crippen molar-refractivity contribution in [3.63, 3.8) is 0 Å². The zero-order valence-corrected chi connectivity index (χ0v) is 23.6. The Kier molecular flexibility index (Phi) is 22.9. The number of hydrogen-bond donors (Lipinski definition) is 2. The summed E-state index contributed by atoms with van der Waals surface area (Å²) in [6, 6.07) is 0. The molecule has 0 amide bonds. The summed E-state index contributed by atoms with van der Waals surface area (Å²) in [4.78, 5) is 41.7. The molecule has 9 heteroatoms. The number of carbonyl (C=O) groups excluding carboxylic acids is 2. The summed E-state index contributed by atoms with van der Waals surface area (Å²) in [5.41, 5.74) is 0. The third kappa shape index (κ3) is 26.4. The monoisotopic (exact) mass is 548 g/mol. The molecule has 0 aromatic rings. The molecule has 1 atom stereocenters. The molecule has 0 spiro atoms. The van der Waals surface area contributed by atoms with Crippen LogP contribution in [-0.4, -0.2) is 41.0 Å². The van der Waals surface area contributed by atoms with E-state index >= 15 is 0 Å². The molecule has 0 aromatic heterocycles. The number of rotatable bonds is 20. The number of phosphoric acid groups is 1. The summed E-state index contributed by atoms with van der Waals surface area (Å²) in [5.74, 6) is 17.5. The maximum Gasteiger partial charge on any atom is 0.469 e. The highest BCUT2D eigenvalue weighted by Crippen LogP contribution is 2.35. The molecule has 0 bridgehead atoms.